The molecule has 6 heteroatoms. The normalized spacial score (nSPS) is 10.6. The van der Waals surface area contributed by atoms with Crippen LogP contribution in [0.3, 0.4) is 0 Å². The maximum absolute atomic E-state index is 13.0. The molecule has 0 atom stereocenters. The lowest BCUT2D eigenvalue weighted by Crippen LogP contribution is -2.08. The molecule has 1 amide bonds. The van der Waals surface area contributed by atoms with Crippen molar-refractivity contribution in [1.29, 1.82) is 0 Å². The van der Waals surface area contributed by atoms with Gasteiger partial charge >= 0.3 is 5.97 Å². The number of rotatable bonds is 4. The number of carboxylic acid groups (broad SMARTS) is 1. The maximum Gasteiger partial charge on any atom is 0.339 e. The first-order chi connectivity index (χ1) is 10.5. The molecule has 0 radical (unpaired) electrons. The molecule has 5 nitrogen and oxygen atoms in total. The number of anilines is 1. The molecule has 2 rings (SSSR count). The predicted molar refractivity (Wildman–Crippen MR) is 79.1 cm³/mol. The SMILES string of the molecule is O=C(/C=C/c1cccc(F)c1)Nc1ccc(O)c(C(=O)O)c1. The fourth-order valence-electron chi connectivity index (χ4n) is 1.75. The van der Waals surface area contributed by atoms with Gasteiger partial charge in [-0.1, -0.05) is 12.1 Å². The zero-order valence-electron chi connectivity index (χ0n) is 11.3. The zero-order chi connectivity index (χ0) is 16.1. The van der Waals surface area contributed by atoms with E-state index in [2.05, 4.69) is 5.32 Å². The Morgan fingerprint density at radius 1 is 1.14 bits per heavy atom. The number of halogens is 1. The second kappa shape index (κ2) is 6.53. The summed E-state index contributed by atoms with van der Waals surface area (Å²) in [5.41, 5.74) is 0.433. The Labute approximate surface area is 125 Å². The lowest BCUT2D eigenvalue weighted by Gasteiger charge is -2.05. The third kappa shape index (κ3) is 3.92. The number of carboxylic acids is 1. The molecule has 0 saturated carbocycles. The Morgan fingerprint density at radius 3 is 2.59 bits per heavy atom. The van der Waals surface area contributed by atoms with Crippen LogP contribution in [0.5, 0.6) is 5.75 Å². The van der Waals surface area contributed by atoms with Gasteiger partial charge in [-0.25, -0.2) is 9.18 Å². The van der Waals surface area contributed by atoms with E-state index in [0.717, 1.165) is 6.07 Å². The van der Waals surface area contributed by atoms with Gasteiger partial charge in [0.2, 0.25) is 5.91 Å². The highest BCUT2D eigenvalue weighted by molar-refractivity contribution is 6.03. The van der Waals surface area contributed by atoms with Crippen LogP contribution in [0.1, 0.15) is 15.9 Å². The summed E-state index contributed by atoms with van der Waals surface area (Å²) in [4.78, 5) is 22.6. The maximum atomic E-state index is 13.0. The first-order valence-corrected chi connectivity index (χ1v) is 6.26. The number of hydrogen-bond acceptors (Lipinski definition) is 3. The van der Waals surface area contributed by atoms with E-state index in [1.807, 2.05) is 0 Å². The van der Waals surface area contributed by atoms with E-state index in [1.54, 1.807) is 6.07 Å². The minimum absolute atomic E-state index is 0.226. The molecule has 22 heavy (non-hydrogen) atoms. The van der Waals surface area contributed by atoms with Gasteiger partial charge in [-0.3, -0.25) is 4.79 Å². The molecule has 2 aromatic carbocycles. The fourth-order valence-corrected chi connectivity index (χ4v) is 1.75. The smallest absolute Gasteiger partial charge is 0.339 e. The third-order valence-corrected chi connectivity index (χ3v) is 2.77. The van der Waals surface area contributed by atoms with Crippen molar-refractivity contribution in [2.24, 2.45) is 0 Å². The molecule has 0 aromatic heterocycles. The van der Waals surface area contributed by atoms with Gasteiger partial charge in [-0.05, 0) is 42.0 Å². The largest absolute Gasteiger partial charge is 0.507 e. The molecule has 0 unspecified atom stereocenters. The number of aromatic hydroxyl groups is 1. The molecule has 0 aliphatic heterocycles. The minimum atomic E-state index is -1.30. The highest BCUT2D eigenvalue weighted by Gasteiger charge is 2.10. The quantitative estimate of drug-likeness (QED) is 0.598. The highest BCUT2D eigenvalue weighted by atomic mass is 19.1. The lowest BCUT2D eigenvalue weighted by atomic mass is 10.1. The van der Waals surface area contributed by atoms with Crippen molar-refractivity contribution in [1.82, 2.24) is 0 Å². The Balaban J connectivity index is 2.09. The number of amides is 1. The number of phenols is 1. The second-order valence-electron chi connectivity index (χ2n) is 4.41. The standard InChI is InChI=1S/C16H12FNO4/c17-11-3-1-2-10(8-11)4-7-15(20)18-12-5-6-14(19)13(9-12)16(21)22/h1-9,19H,(H,18,20)(H,21,22)/b7-4+. The van der Waals surface area contributed by atoms with Crippen LogP contribution in [0, 0.1) is 5.82 Å². The van der Waals surface area contributed by atoms with Crippen molar-refractivity contribution in [3.63, 3.8) is 0 Å². The molecule has 0 saturated heterocycles. The molecular weight excluding hydrogens is 289 g/mol. The van der Waals surface area contributed by atoms with Crippen LogP contribution < -0.4 is 5.32 Å². The number of aromatic carboxylic acids is 1. The van der Waals surface area contributed by atoms with E-state index in [-0.39, 0.29) is 17.0 Å². The van der Waals surface area contributed by atoms with Gasteiger partial charge < -0.3 is 15.5 Å². The van der Waals surface area contributed by atoms with E-state index in [1.165, 1.54) is 42.5 Å². The Bertz CT molecular complexity index is 756. The lowest BCUT2D eigenvalue weighted by molar-refractivity contribution is -0.111. The van der Waals surface area contributed by atoms with Crippen molar-refractivity contribution in [2.45, 2.75) is 0 Å². The average Bonchev–Trinajstić information content (AvgIpc) is 2.47. The molecule has 0 aliphatic rings. The minimum Gasteiger partial charge on any atom is -0.507 e. The van der Waals surface area contributed by atoms with Crippen LogP contribution in [-0.2, 0) is 4.79 Å². The van der Waals surface area contributed by atoms with Gasteiger partial charge in [0.15, 0.2) is 0 Å². The fraction of sp³-hybridized carbons (Fsp3) is 0. The summed E-state index contributed by atoms with van der Waals surface area (Å²) in [6.45, 7) is 0. The second-order valence-corrected chi connectivity index (χ2v) is 4.41. The summed E-state index contributed by atoms with van der Waals surface area (Å²) in [5.74, 6) is -2.61. The molecule has 0 heterocycles. The first kappa shape index (κ1) is 15.2. The van der Waals surface area contributed by atoms with Crippen LogP contribution >= 0.6 is 0 Å². The Morgan fingerprint density at radius 2 is 1.91 bits per heavy atom. The van der Waals surface area contributed by atoms with Gasteiger partial charge in [0, 0.05) is 11.8 Å². The molecule has 0 spiro atoms. The summed E-state index contributed by atoms with van der Waals surface area (Å²) in [5, 5.41) is 20.7. The number of carbonyl (C=O) groups excluding carboxylic acids is 1. The topological polar surface area (TPSA) is 86.6 Å². The van der Waals surface area contributed by atoms with Crippen molar-refractivity contribution < 1.29 is 24.2 Å². The molecule has 0 fully saturated rings. The van der Waals surface area contributed by atoms with Crippen LogP contribution in [0.4, 0.5) is 10.1 Å². The van der Waals surface area contributed by atoms with Crippen LogP contribution in [0.25, 0.3) is 6.08 Å². The monoisotopic (exact) mass is 301 g/mol. The van der Waals surface area contributed by atoms with Gasteiger partial charge in [-0.2, -0.15) is 0 Å². The molecule has 2 aromatic rings. The Kier molecular flexibility index (Phi) is 4.53. The Hall–Kier alpha value is -3.15. The number of benzene rings is 2. The summed E-state index contributed by atoms with van der Waals surface area (Å²) in [7, 11) is 0. The van der Waals surface area contributed by atoms with Gasteiger partial charge in [0.25, 0.3) is 0 Å². The molecule has 112 valence electrons. The van der Waals surface area contributed by atoms with Crippen molar-refractivity contribution >= 4 is 23.6 Å². The van der Waals surface area contributed by atoms with Gasteiger partial charge in [0.1, 0.15) is 17.1 Å². The predicted octanol–water partition coefficient (Wildman–Crippen LogP) is 2.88. The summed E-state index contributed by atoms with van der Waals surface area (Å²) < 4.78 is 13.0. The van der Waals surface area contributed by atoms with Crippen LogP contribution in [0.15, 0.2) is 48.5 Å². The molecule has 0 aliphatic carbocycles. The summed E-state index contributed by atoms with van der Waals surface area (Å²) >= 11 is 0. The first-order valence-electron chi connectivity index (χ1n) is 6.26. The third-order valence-electron chi connectivity index (χ3n) is 2.77. The van der Waals surface area contributed by atoms with Crippen LogP contribution in [0.2, 0.25) is 0 Å². The zero-order valence-corrected chi connectivity index (χ0v) is 11.3. The number of carbonyl (C=O) groups is 2. The van der Waals surface area contributed by atoms with E-state index in [4.69, 9.17) is 5.11 Å². The van der Waals surface area contributed by atoms with E-state index in [9.17, 15) is 19.1 Å². The molecule has 0 bridgehead atoms. The van der Waals surface area contributed by atoms with E-state index < -0.39 is 17.7 Å². The summed E-state index contributed by atoms with van der Waals surface area (Å²) in [6.07, 6.45) is 2.62. The van der Waals surface area contributed by atoms with Crippen molar-refractivity contribution in [2.75, 3.05) is 5.32 Å². The van der Waals surface area contributed by atoms with Crippen molar-refractivity contribution in [3.8, 4) is 5.75 Å². The van der Waals surface area contributed by atoms with E-state index >= 15 is 0 Å². The highest BCUT2D eigenvalue weighted by Crippen LogP contribution is 2.21. The van der Waals surface area contributed by atoms with Gasteiger partial charge in [-0.15, -0.1) is 0 Å². The number of nitrogens with one attached hydrogen (secondary N) is 1. The van der Waals surface area contributed by atoms with E-state index in [0.29, 0.717) is 5.56 Å². The number of hydrogen-bond donors (Lipinski definition) is 3. The average molecular weight is 301 g/mol. The van der Waals surface area contributed by atoms with Gasteiger partial charge in [0.05, 0.1) is 0 Å². The summed E-state index contributed by atoms with van der Waals surface area (Å²) in [6, 6.07) is 9.41. The van der Waals surface area contributed by atoms with Crippen LogP contribution in [-0.4, -0.2) is 22.1 Å². The molecular formula is C16H12FNO4. The molecule has 3 N–H and O–H groups in total. The van der Waals surface area contributed by atoms with Crippen molar-refractivity contribution in [3.05, 3.63) is 65.5 Å².